The molecule has 1 aliphatic rings. The summed E-state index contributed by atoms with van der Waals surface area (Å²) in [5.41, 5.74) is 8.75. The number of carbonyl (C=O) groups is 1. The Hall–Kier alpha value is -1.56. The summed E-state index contributed by atoms with van der Waals surface area (Å²) in [6, 6.07) is 10.7. The molecule has 1 atom stereocenters. The Morgan fingerprint density at radius 2 is 2.10 bits per heavy atom. The molecule has 6 heteroatoms. The van der Waals surface area contributed by atoms with Crippen molar-refractivity contribution in [1.82, 2.24) is 0 Å². The Morgan fingerprint density at radius 3 is 2.86 bits per heavy atom. The monoisotopic (exact) mass is 366 g/mol. The van der Waals surface area contributed by atoms with E-state index in [4.69, 9.17) is 22.1 Å². The number of carbonyl (C=O) groups excluding carboxylic acids is 1. The number of benzene rings is 2. The van der Waals surface area contributed by atoms with Gasteiger partial charge in [0.2, 0.25) is 0 Å². The third-order valence-corrected chi connectivity index (χ3v) is 4.22. The Kier molecular flexibility index (Phi) is 3.89. The summed E-state index contributed by atoms with van der Waals surface area (Å²) in [5.74, 6) is 0.488. The molecular weight excluding hydrogens is 356 g/mol. The first-order chi connectivity index (χ1) is 10.0. The number of rotatable bonds is 2. The normalized spacial score (nSPS) is 14.9. The first-order valence-corrected chi connectivity index (χ1v) is 7.49. The summed E-state index contributed by atoms with van der Waals surface area (Å²) in [7, 11) is 0. The molecule has 0 bridgehead atoms. The molecule has 0 aromatic heterocycles. The zero-order chi connectivity index (χ0) is 15.0. The summed E-state index contributed by atoms with van der Waals surface area (Å²) >= 11 is 9.41. The number of fused-ring (bicyclic) bond motifs is 1. The summed E-state index contributed by atoms with van der Waals surface area (Å²) in [5, 5.41) is 3.42. The summed E-state index contributed by atoms with van der Waals surface area (Å²) in [6.45, 7) is 0.0428. The van der Waals surface area contributed by atoms with Gasteiger partial charge in [-0.2, -0.15) is 0 Å². The summed E-state index contributed by atoms with van der Waals surface area (Å²) in [4.78, 5) is 11.4. The highest BCUT2D eigenvalue weighted by Gasteiger charge is 2.19. The third-order valence-electron chi connectivity index (χ3n) is 3.29. The van der Waals surface area contributed by atoms with Crippen LogP contribution in [0.15, 0.2) is 40.9 Å². The van der Waals surface area contributed by atoms with E-state index in [-0.39, 0.29) is 18.6 Å². The second-order valence-corrected chi connectivity index (χ2v) is 6.03. The number of nitrogens with two attached hydrogens (primary N) is 1. The van der Waals surface area contributed by atoms with Gasteiger partial charge < -0.3 is 15.8 Å². The molecule has 0 fully saturated rings. The standard InChI is InChI=1S/C15H12BrClN2O2/c16-11-6-9(17)2-3-10(11)15(18)8-1-4-13-12(5-8)19-14(20)7-21-13/h1-6,15H,7,18H2,(H,19,20). The van der Waals surface area contributed by atoms with Crippen LogP contribution in [-0.4, -0.2) is 12.5 Å². The van der Waals surface area contributed by atoms with Crippen LogP contribution in [-0.2, 0) is 4.79 Å². The molecule has 0 aliphatic carbocycles. The van der Waals surface area contributed by atoms with E-state index in [1.54, 1.807) is 12.1 Å². The fraction of sp³-hybridized carbons (Fsp3) is 0.133. The topological polar surface area (TPSA) is 64.3 Å². The van der Waals surface area contributed by atoms with Crippen molar-refractivity contribution in [3.8, 4) is 5.75 Å². The lowest BCUT2D eigenvalue weighted by Crippen LogP contribution is -2.25. The molecule has 0 radical (unpaired) electrons. The fourth-order valence-corrected chi connectivity index (χ4v) is 3.16. The maximum Gasteiger partial charge on any atom is 0.262 e. The number of halogens is 2. The Morgan fingerprint density at radius 1 is 1.29 bits per heavy atom. The van der Waals surface area contributed by atoms with Crippen LogP contribution in [0.4, 0.5) is 5.69 Å². The molecule has 4 nitrogen and oxygen atoms in total. The van der Waals surface area contributed by atoms with E-state index in [0.29, 0.717) is 16.5 Å². The van der Waals surface area contributed by atoms with Crippen molar-refractivity contribution in [1.29, 1.82) is 0 Å². The average molecular weight is 368 g/mol. The van der Waals surface area contributed by atoms with Crippen molar-refractivity contribution < 1.29 is 9.53 Å². The molecule has 0 saturated carbocycles. The molecular formula is C15H12BrClN2O2. The molecule has 1 heterocycles. The minimum atomic E-state index is -0.333. The Bertz CT molecular complexity index is 721. The van der Waals surface area contributed by atoms with Gasteiger partial charge in [-0.1, -0.05) is 39.7 Å². The van der Waals surface area contributed by atoms with Gasteiger partial charge in [0.05, 0.1) is 11.7 Å². The number of ether oxygens (including phenoxy) is 1. The van der Waals surface area contributed by atoms with Crippen molar-refractivity contribution in [3.05, 3.63) is 57.0 Å². The van der Waals surface area contributed by atoms with Crippen LogP contribution in [0.2, 0.25) is 5.02 Å². The van der Waals surface area contributed by atoms with Gasteiger partial charge >= 0.3 is 0 Å². The second kappa shape index (κ2) is 5.67. The van der Waals surface area contributed by atoms with Gasteiger partial charge in [0.25, 0.3) is 5.91 Å². The molecule has 108 valence electrons. The van der Waals surface area contributed by atoms with Gasteiger partial charge in [0, 0.05) is 9.50 Å². The van der Waals surface area contributed by atoms with E-state index in [2.05, 4.69) is 21.2 Å². The SMILES string of the molecule is NC(c1ccc2c(c1)NC(=O)CO2)c1ccc(Cl)cc1Br. The van der Waals surface area contributed by atoms with Gasteiger partial charge in [-0.3, -0.25) is 4.79 Å². The highest BCUT2D eigenvalue weighted by Crippen LogP contribution is 2.34. The molecule has 3 rings (SSSR count). The van der Waals surface area contributed by atoms with E-state index >= 15 is 0 Å². The van der Waals surface area contributed by atoms with Crippen molar-refractivity contribution >= 4 is 39.1 Å². The van der Waals surface area contributed by atoms with E-state index in [9.17, 15) is 4.79 Å². The van der Waals surface area contributed by atoms with Crippen molar-refractivity contribution in [2.75, 3.05) is 11.9 Å². The zero-order valence-corrected chi connectivity index (χ0v) is 13.2. The number of anilines is 1. The van der Waals surface area contributed by atoms with Gasteiger partial charge in [-0.25, -0.2) is 0 Å². The first-order valence-electron chi connectivity index (χ1n) is 6.32. The molecule has 1 amide bonds. The minimum Gasteiger partial charge on any atom is -0.482 e. The largest absolute Gasteiger partial charge is 0.482 e. The number of hydrogen-bond acceptors (Lipinski definition) is 3. The van der Waals surface area contributed by atoms with Gasteiger partial charge in [0.1, 0.15) is 5.75 Å². The van der Waals surface area contributed by atoms with Crippen LogP contribution in [0.1, 0.15) is 17.2 Å². The molecule has 3 N–H and O–H groups in total. The molecule has 1 unspecified atom stereocenters. The zero-order valence-electron chi connectivity index (χ0n) is 10.9. The Balaban J connectivity index is 1.96. The lowest BCUT2D eigenvalue weighted by Gasteiger charge is -2.21. The van der Waals surface area contributed by atoms with Crippen molar-refractivity contribution in [3.63, 3.8) is 0 Å². The van der Waals surface area contributed by atoms with Gasteiger partial charge in [-0.15, -0.1) is 0 Å². The van der Waals surface area contributed by atoms with Crippen LogP contribution in [0.3, 0.4) is 0 Å². The van der Waals surface area contributed by atoms with Crippen molar-refractivity contribution in [2.45, 2.75) is 6.04 Å². The van der Waals surface area contributed by atoms with Crippen molar-refractivity contribution in [2.24, 2.45) is 5.73 Å². The smallest absolute Gasteiger partial charge is 0.262 e. The van der Waals surface area contributed by atoms with E-state index < -0.39 is 0 Å². The average Bonchev–Trinajstić information content (AvgIpc) is 2.46. The van der Waals surface area contributed by atoms with E-state index in [1.165, 1.54) is 0 Å². The van der Waals surface area contributed by atoms with Crippen LogP contribution >= 0.6 is 27.5 Å². The van der Waals surface area contributed by atoms with E-state index in [1.807, 2.05) is 24.3 Å². The fourth-order valence-electron chi connectivity index (χ4n) is 2.23. The quantitative estimate of drug-likeness (QED) is 0.854. The highest BCUT2D eigenvalue weighted by atomic mass is 79.9. The van der Waals surface area contributed by atoms with E-state index in [0.717, 1.165) is 15.6 Å². The first kappa shape index (κ1) is 14.4. The molecule has 2 aromatic rings. The number of hydrogen-bond donors (Lipinski definition) is 2. The van der Waals surface area contributed by atoms with Crippen LogP contribution in [0, 0.1) is 0 Å². The third kappa shape index (κ3) is 2.90. The predicted octanol–water partition coefficient (Wildman–Crippen LogP) is 3.48. The lowest BCUT2D eigenvalue weighted by atomic mass is 9.99. The molecule has 0 saturated heterocycles. The molecule has 21 heavy (non-hydrogen) atoms. The van der Waals surface area contributed by atoms with Gasteiger partial charge in [-0.05, 0) is 35.4 Å². The second-order valence-electron chi connectivity index (χ2n) is 4.74. The summed E-state index contributed by atoms with van der Waals surface area (Å²) in [6.07, 6.45) is 0. The molecule has 0 spiro atoms. The lowest BCUT2D eigenvalue weighted by molar-refractivity contribution is -0.118. The maximum atomic E-state index is 11.4. The van der Waals surface area contributed by atoms with Gasteiger partial charge in [0.15, 0.2) is 6.61 Å². The number of nitrogens with one attached hydrogen (secondary N) is 1. The maximum absolute atomic E-state index is 11.4. The number of amides is 1. The Labute approximate surface area is 135 Å². The molecule has 1 aliphatic heterocycles. The van der Waals surface area contributed by atoms with Crippen LogP contribution in [0.25, 0.3) is 0 Å². The van der Waals surface area contributed by atoms with Crippen LogP contribution < -0.4 is 15.8 Å². The van der Waals surface area contributed by atoms with Crippen LogP contribution in [0.5, 0.6) is 5.75 Å². The molecule has 2 aromatic carbocycles. The highest BCUT2D eigenvalue weighted by molar-refractivity contribution is 9.10. The minimum absolute atomic E-state index is 0.0428. The predicted molar refractivity (Wildman–Crippen MR) is 85.7 cm³/mol. The summed E-state index contributed by atoms with van der Waals surface area (Å²) < 4.78 is 6.18.